The molecule has 2 aromatic rings. The number of nitriles is 1. The highest BCUT2D eigenvalue weighted by atomic mass is 35.5. The van der Waals surface area contributed by atoms with Gasteiger partial charge in [0.2, 0.25) is 6.43 Å². The van der Waals surface area contributed by atoms with E-state index in [0.717, 1.165) is 0 Å². The van der Waals surface area contributed by atoms with Crippen LogP contribution >= 0.6 is 11.6 Å². The highest BCUT2D eigenvalue weighted by Crippen LogP contribution is 2.20. The molecule has 0 atom stereocenters. The zero-order valence-electron chi connectivity index (χ0n) is 9.94. The smallest absolute Gasteiger partial charge is 0.218 e. The van der Waals surface area contributed by atoms with Crippen LogP contribution in [0.2, 0.25) is 5.15 Å². The van der Waals surface area contributed by atoms with Gasteiger partial charge in [-0.1, -0.05) is 17.7 Å². The van der Waals surface area contributed by atoms with E-state index in [0.29, 0.717) is 11.3 Å². The highest BCUT2D eigenvalue weighted by Gasteiger charge is 2.15. The summed E-state index contributed by atoms with van der Waals surface area (Å²) in [5.41, 5.74) is 1.15. The third-order valence-electron chi connectivity index (χ3n) is 2.50. The first kappa shape index (κ1) is 13.4. The normalized spacial score (nSPS) is 10.7. The van der Waals surface area contributed by atoms with Crippen LogP contribution in [0.15, 0.2) is 18.2 Å². The Kier molecular flexibility index (Phi) is 3.76. The van der Waals surface area contributed by atoms with Crippen LogP contribution in [-0.2, 0) is 6.42 Å². The average molecular weight is 283 g/mol. The fraction of sp³-hybridized carbons (Fsp3) is 0.250. The molecule has 0 saturated heterocycles. The van der Waals surface area contributed by atoms with E-state index in [1.807, 2.05) is 6.07 Å². The largest absolute Gasteiger partial charge is 0.242 e. The van der Waals surface area contributed by atoms with E-state index in [1.165, 1.54) is 16.8 Å². The Morgan fingerprint density at radius 3 is 2.79 bits per heavy atom. The molecule has 0 aromatic carbocycles. The molecule has 4 nitrogen and oxygen atoms in total. The molecule has 0 spiro atoms. The minimum atomic E-state index is -2.49. The number of hydrogen-bond acceptors (Lipinski definition) is 3. The Labute approximate surface area is 113 Å². The summed E-state index contributed by atoms with van der Waals surface area (Å²) in [4.78, 5) is 4.03. The first-order chi connectivity index (χ1) is 9.01. The van der Waals surface area contributed by atoms with Crippen molar-refractivity contribution in [1.29, 1.82) is 5.26 Å². The average Bonchev–Trinajstić information content (AvgIpc) is 2.72. The number of pyridine rings is 1. The molecule has 2 rings (SSSR count). The van der Waals surface area contributed by atoms with Crippen molar-refractivity contribution in [1.82, 2.24) is 14.8 Å². The van der Waals surface area contributed by atoms with Crippen molar-refractivity contribution in [2.24, 2.45) is 0 Å². The van der Waals surface area contributed by atoms with Gasteiger partial charge >= 0.3 is 0 Å². The lowest BCUT2D eigenvalue weighted by atomic mass is 10.2. The maximum atomic E-state index is 12.5. The van der Waals surface area contributed by atoms with E-state index in [2.05, 4.69) is 10.1 Å². The molecule has 0 aliphatic heterocycles. The molecular formula is C12H9ClF2N4. The van der Waals surface area contributed by atoms with Gasteiger partial charge in [-0.25, -0.2) is 18.4 Å². The first-order valence-electron chi connectivity index (χ1n) is 5.42. The minimum absolute atomic E-state index is 0.182. The van der Waals surface area contributed by atoms with E-state index >= 15 is 0 Å². The lowest BCUT2D eigenvalue weighted by molar-refractivity contribution is 0.149. The van der Waals surface area contributed by atoms with E-state index in [1.54, 1.807) is 13.0 Å². The van der Waals surface area contributed by atoms with Crippen LogP contribution in [0.5, 0.6) is 0 Å². The molecule has 0 amide bonds. The van der Waals surface area contributed by atoms with Gasteiger partial charge in [0.25, 0.3) is 0 Å². The molecule has 0 saturated carbocycles. The molecule has 2 aromatic heterocycles. The van der Waals surface area contributed by atoms with Crippen LogP contribution < -0.4 is 0 Å². The van der Waals surface area contributed by atoms with Crippen molar-refractivity contribution < 1.29 is 8.78 Å². The quantitative estimate of drug-likeness (QED) is 0.813. The van der Waals surface area contributed by atoms with Crippen LogP contribution in [0.3, 0.4) is 0 Å². The summed E-state index contributed by atoms with van der Waals surface area (Å²) in [6, 6.07) is 6.38. The Balaban J connectivity index is 2.56. The van der Waals surface area contributed by atoms with Gasteiger partial charge in [-0.05, 0) is 19.1 Å². The second kappa shape index (κ2) is 5.33. The Hall–Kier alpha value is -2.00. The number of hydrogen-bond donors (Lipinski definition) is 0. The maximum Gasteiger partial charge on any atom is 0.242 e. The van der Waals surface area contributed by atoms with Crippen LogP contribution in [0.25, 0.3) is 5.82 Å². The first-order valence-corrected chi connectivity index (χ1v) is 5.79. The fourth-order valence-corrected chi connectivity index (χ4v) is 1.85. The van der Waals surface area contributed by atoms with Crippen LogP contribution in [0.4, 0.5) is 8.78 Å². The second-order valence-corrected chi connectivity index (χ2v) is 4.29. The van der Waals surface area contributed by atoms with E-state index < -0.39 is 12.8 Å². The number of halogens is 3. The van der Waals surface area contributed by atoms with Crippen molar-refractivity contribution >= 4 is 11.6 Å². The molecule has 19 heavy (non-hydrogen) atoms. The standard InChI is InChI=1S/C12H9ClF2N4/c1-7-4-9(6-16)18-19(7)12-8(5-11(14)15)2-3-10(13)17-12/h2-4,11H,5H2,1H3. The summed E-state index contributed by atoms with van der Waals surface area (Å²) in [5.74, 6) is 0.229. The Morgan fingerprint density at radius 2 is 2.21 bits per heavy atom. The van der Waals surface area contributed by atoms with E-state index in [9.17, 15) is 8.78 Å². The summed E-state index contributed by atoms with van der Waals surface area (Å²) in [6.07, 6.45) is -2.94. The molecule has 98 valence electrons. The van der Waals surface area contributed by atoms with Gasteiger partial charge < -0.3 is 0 Å². The molecule has 0 radical (unpaired) electrons. The topological polar surface area (TPSA) is 54.5 Å². The maximum absolute atomic E-state index is 12.5. The van der Waals surface area contributed by atoms with Crippen molar-refractivity contribution in [3.05, 3.63) is 40.3 Å². The molecule has 0 bridgehead atoms. The molecule has 0 aliphatic carbocycles. The second-order valence-electron chi connectivity index (χ2n) is 3.91. The molecule has 0 unspecified atom stereocenters. The predicted molar refractivity (Wildman–Crippen MR) is 65.5 cm³/mol. The molecular weight excluding hydrogens is 274 g/mol. The Bertz CT molecular complexity index is 646. The molecule has 2 heterocycles. The van der Waals surface area contributed by atoms with Crippen LogP contribution in [0, 0.1) is 18.3 Å². The third kappa shape index (κ3) is 2.88. The zero-order valence-corrected chi connectivity index (χ0v) is 10.7. The van der Waals surface area contributed by atoms with Gasteiger partial charge in [-0.2, -0.15) is 10.4 Å². The molecule has 7 heteroatoms. The van der Waals surface area contributed by atoms with E-state index in [-0.39, 0.29) is 16.7 Å². The summed E-state index contributed by atoms with van der Waals surface area (Å²) in [5, 5.41) is 13.0. The van der Waals surface area contributed by atoms with E-state index in [4.69, 9.17) is 16.9 Å². The van der Waals surface area contributed by atoms with Crippen molar-refractivity contribution in [2.75, 3.05) is 0 Å². The lowest BCUT2D eigenvalue weighted by Crippen LogP contribution is -2.09. The monoisotopic (exact) mass is 282 g/mol. The number of rotatable bonds is 3. The van der Waals surface area contributed by atoms with Gasteiger partial charge in [0.05, 0.1) is 0 Å². The fourth-order valence-electron chi connectivity index (χ4n) is 1.71. The van der Waals surface area contributed by atoms with Crippen LogP contribution in [-0.4, -0.2) is 21.2 Å². The number of aryl methyl sites for hydroxylation is 1. The zero-order chi connectivity index (χ0) is 14.0. The highest BCUT2D eigenvalue weighted by molar-refractivity contribution is 6.29. The van der Waals surface area contributed by atoms with Gasteiger partial charge in [0.15, 0.2) is 11.5 Å². The molecule has 0 N–H and O–H groups in total. The summed E-state index contributed by atoms with van der Waals surface area (Å²) >= 11 is 5.79. The summed E-state index contributed by atoms with van der Waals surface area (Å²) in [6.45, 7) is 1.71. The third-order valence-corrected chi connectivity index (χ3v) is 2.71. The lowest BCUT2D eigenvalue weighted by Gasteiger charge is -2.10. The van der Waals surface area contributed by atoms with Gasteiger partial charge in [0.1, 0.15) is 11.2 Å². The number of nitrogens with zero attached hydrogens (tertiary/aromatic N) is 4. The van der Waals surface area contributed by atoms with Crippen molar-refractivity contribution in [3.63, 3.8) is 0 Å². The van der Waals surface area contributed by atoms with Gasteiger partial charge in [0, 0.05) is 17.7 Å². The van der Waals surface area contributed by atoms with Crippen LogP contribution in [0.1, 0.15) is 17.0 Å². The predicted octanol–water partition coefficient (Wildman–Crippen LogP) is 2.91. The SMILES string of the molecule is Cc1cc(C#N)nn1-c1nc(Cl)ccc1CC(F)F. The van der Waals surface area contributed by atoms with Gasteiger partial charge in [-0.3, -0.25) is 0 Å². The Morgan fingerprint density at radius 1 is 1.47 bits per heavy atom. The van der Waals surface area contributed by atoms with Crippen molar-refractivity contribution in [2.45, 2.75) is 19.8 Å². The summed E-state index contributed by atoms with van der Waals surface area (Å²) < 4.78 is 26.4. The molecule has 0 fully saturated rings. The number of aromatic nitrogens is 3. The van der Waals surface area contributed by atoms with Crippen molar-refractivity contribution in [3.8, 4) is 11.9 Å². The molecule has 0 aliphatic rings. The number of alkyl halides is 2. The summed E-state index contributed by atoms with van der Waals surface area (Å²) in [7, 11) is 0. The van der Waals surface area contributed by atoms with Gasteiger partial charge in [-0.15, -0.1) is 0 Å². The minimum Gasteiger partial charge on any atom is -0.218 e.